The molecule has 1 aromatic rings. The minimum atomic E-state index is 0.649. The highest BCUT2D eigenvalue weighted by atomic mass is 15.1. The van der Waals surface area contributed by atoms with Gasteiger partial charge in [-0.25, -0.2) is 0 Å². The Hall–Kier alpha value is -1.51. The summed E-state index contributed by atoms with van der Waals surface area (Å²) in [6.45, 7) is 0. The Morgan fingerprint density at radius 2 is 2.08 bits per heavy atom. The van der Waals surface area contributed by atoms with Crippen molar-refractivity contribution >= 4 is 17.6 Å². The predicted octanol–water partition coefficient (Wildman–Crippen LogP) is 1.33. The number of hydrogen-bond donors (Lipinski definition) is 2. The van der Waals surface area contributed by atoms with Gasteiger partial charge in [0.05, 0.1) is 0 Å². The van der Waals surface area contributed by atoms with Crippen LogP contribution in [0.15, 0.2) is 18.2 Å². The second-order valence-corrected chi connectivity index (χ2v) is 2.85. The highest BCUT2D eigenvalue weighted by molar-refractivity contribution is 5.86. The molecule has 0 aromatic heterocycles. The zero-order valence-electron chi connectivity index (χ0n) is 7.33. The molecule has 0 bridgehead atoms. The van der Waals surface area contributed by atoms with Crippen LogP contribution in [0.4, 0.5) is 11.4 Å². The van der Waals surface area contributed by atoms with Crippen molar-refractivity contribution in [1.29, 1.82) is 5.41 Å². The van der Waals surface area contributed by atoms with Gasteiger partial charge in [-0.05, 0) is 18.2 Å². The van der Waals surface area contributed by atoms with E-state index in [0.717, 1.165) is 11.3 Å². The largest absolute Gasteiger partial charge is 0.398 e. The first kappa shape index (κ1) is 8.59. The molecule has 0 aliphatic heterocycles. The molecule has 1 aromatic carbocycles. The Morgan fingerprint density at radius 1 is 1.42 bits per heavy atom. The van der Waals surface area contributed by atoms with Crippen LogP contribution in [0.25, 0.3) is 0 Å². The maximum atomic E-state index is 7.10. The van der Waals surface area contributed by atoms with Gasteiger partial charge in [-0.3, -0.25) is 0 Å². The van der Waals surface area contributed by atoms with E-state index in [0.29, 0.717) is 5.69 Å². The SMILES string of the molecule is CN(C)c1ccc(N)c(C=N)c1. The van der Waals surface area contributed by atoms with Gasteiger partial charge in [-0.1, -0.05) is 0 Å². The molecule has 0 saturated heterocycles. The summed E-state index contributed by atoms with van der Waals surface area (Å²) in [4.78, 5) is 1.98. The predicted molar refractivity (Wildman–Crippen MR) is 53.1 cm³/mol. The molecule has 3 heteroatoms. The van der Waals surface area contributed by atoms with Crippen LogP contribution in [0.3, 0.4) is 0 Å². The second kappa shape index (κ2) is 3.26. The molecule has 0 atom stereocenters. The number of hydrogen-bond acceptors (Lipinski definition) is 3. The van der Waals surface area contributed by atoms with Crippen molar-refractivity contribution in [1.82, 2.24) is 0 Å². The number of nitrogens with two attached hydrogens (primary N) is 1. The summed E-state index contributed by atoms with van der Waals surface area (Å²) in [6, 6.07) is 5.64. The van der Waals surface area contributed by atoms with Gasteiger partial charge >= 0.3 is 0 Å². The van der Waals surface area contributed by atoms with Gasteiger partial charge in [0.15, 0.2) is 0 Å². The molecular formula is C9H13N3. The average Bonchev–Trinajstić information content (AvgIpc) is 2.05. The fourth-order valence-electron chi connectivity index (χ4n) is 0.965. The first-order valence-electron chi connectivity index (χ1n) is 3.72. The number of benzene rings is 1. The molecule has 0 heterocycles. The molecule has 64 valence electrons. The molecule has 0 amide bonds. The van der Waals surface area contributed by atoms with E-state index < -0.39 is 0 Å². The lowest BCUT2D eigenvalue weighted by Crippen LogP contribution is -2.09. The molecule has 0 fully saturated rings. The Labute approximate surface area is 72.3 Å². The van der Waals surface area contributed by atoms with Crippen molar-refractivity contribution < 1.29 is 0 Å². The number of anilines is 2. The van der Waals surface area contributed by atoms with Crippen LogP contribution in [-0.2, 0) is 0 Å². The normalized spacial score (nSPS) is 9.50. The lowest BCUT2D eigenvalue weighted by atomic mass is 10.1. The highest BCUT2D eigenvalue weighted by Crippen LogP contribution is 2.17. The Morgan fingerprint density at radius 3 is 2.58 bits per heavy atom. The summed E-state index contributed by atoms with van der Waals surface area (Å²) in [5, 5.41) is 7.10. The van der Waals surface area contributed by atoms with Gasteiger partial charge in [-0.15, -0.1) is 0 Å². The first-order chi connectivity index (χ1) is 5.65. The van der Waals surface area contributed by atoms with E-state index in [9.17, 15) is 0 Å². The molecular weight excluding hydrogens is 150 g/mol. The third-order valence-corrected chi connectivity index (χ3v) is 1.74. The van der Waals surface area contributed by atoms with Gasteiger partial charge in [0.2, 0.25) is 0 Å². The zero-order chi connectivity index (χ0) is 9.14. The Kier molecular flexibility index (Phi) is 2.33. The van der Waals surface area contributed by atoms with Gasteiger partial charge in [0, 0.05) is 37.2 Å². The smallest absolute Gasteiger partial charge is 0.0404 e. The van der Waals surface area contributed by atoms with E-state index in [-0.39, 0.29) is 0 Å². The summed E-state index contributed by atoms with van der Waals surface area (Å²) in [5.74, 6) is 0. The highest BCUT2D eigenvalue weighted by Gasteiger charge is 1.98. The minimum absolute atomic E-state index is 0.649. The molecule has 0 aliphatic carbocycles. The van der Waals surface area contributed by atoms with E-state index in [2.05, 4.69) is 0 Å². The van der Waals surface area contributed by atoms with Crippen molar-refractivity contribution in [3.8, 4) is 0 Å². The summed E-state index contributed by atoms with van der Waals surface area (Å²) < 4.78 is 0. The molecule has 12 heavy (non-hydrogen) atoms. The van der Waals surface area contributed by atoms with Crippen LogP contribution in [0.5, 0.6) is 0 Å². The lowest BCUT2D eigenvalue weighted by Gasteiger charge is -2.13. The Bertz CT molecular complexity index is 292. The maximum absolute atomic E-state index is 7.10. The van der Waals surface area contributed by atoms with E-state index in [1.165, 1.54) is 6.21 Å². The number of rotatable bonds is 2. The lowest BCUT2D eigenvalue weighted by molar-refractivity contribution is 1.13. The standard InChI is InChI=1S/C9H13N3/c1-12(2)8-3-4-9(11)7(5-8)6-10/h3-6,10H,11H2,1-2H3. The first-order valence-corrected chi connectivity index (χ1v) is 3.72. The number of nitrogen functional groups attached to an aromatic ring is 1. The van der Waals surface area contributed by atoms with Crippen LogP contribution >= 0.6 is 0 Å². The van der Waals surface area contributed by atoms with Gasteiger partial charge < -0.3 is 16.0 Å². The summed E-state index contributed by atoms with van der Waals surface area (Å²) >= 11 is 0. The van der Waals surface area contributed by atoms with Crippen LogP contribution in [0.2, 0.25) is 0 Å². The molecule has 0 aliphatic rings. The summed E-state index contributed by atoms with van der Waals surface area (Å²) in [6.07, 6.45) is 1.27. The Balaban J connectivity index is 3.13. The van der Waals surface area contributed by atoms with E-state index in [4.69, 9.17) is 11.1 Å². The minimum Gasteiger partial charge on any atom is -0.398 e. The molecule has 0 unspecified atom stereocenters. The monoisotopic (exact) mass is 163 g/mol. The van der Waals surface area contributed by atoms with Gasteiger partial charge in [-0.2, -0.15) is 0 Å². The van der Waals surface area contributed by atoms with Crippen molar-refractivity contribution in [2.24, 2.45) is 0 Å². The molecule has 1 rings (SSSR count). The quantitative estimate of drug-likeness (QED) is 0.510. The van der Waals surface area contributed by atoms with Crippen LogP contribution < -0.4 is 10.6 Å². The summed E-state index contributed by atoms with van der Waals surface area (Å²) in [7, 11) is 3.92. The number of nitrogens with zero attached hydrogens (tertiary/aromatic N) is 1. The fraction of sp³-hybridized carbons (Fsp3) is 0.222. The van der Waals surface area contributed by atoms with Crippen molar-refractivity contribution in [3.05, 3.63) is 23.8 Å². The zero-order valence-corrected chi connectivity index (χ0v) is 7.33. The molecule has 3 N–H and O–H groups in total. The van der Waals surface area contributed by atoms with Crippen molar-refractivity contribution in [2.45, 2.75) is 0 Å². The van der Waals surface area contributed by atoms with Gasteiger partial charge in [0.25, 0.3) is 0 Å². The fourth-order valence-corrected chi connectivity index (χ4v) is 0.965. The molecule has 0 radical (unpaired) electrons. The van der Waals surface area contributed by atoms with E-state index >= 15 is 0 Å². The number of nitrogens with one attached hydrogen (secondary N) is 1. The van der Waals surface area contributed by atoms with Crippen LogP contribution in [0.1, 0.15) is 5.56 Å². The van der Waals surface area contributed by atoms with E-state index in [1.807, 2.05) is 37.2 Å². The third kappa shape index (κ3) is 1.56. The molecule has 0 saturated carbocycles. The summed E-state index contributed by atoms with van der Waals surface area (Å²) in [5.41, 5.74) is 8.10. The molecule has 3 nitrogen and oxygen atoms in total. The van der Waals surface area contributed by atoms with Gasteiger partial charge in [0.1, 0.15) is 0 Å². The van der Waals surface area contributed by atoms with Crippen molar-refractivity contribution in [2.75, 3.05) is 24.7 Å². The maximum Gasteiger partial charge on any atom is 0.0404 e. The molecule has 0 spiro atoms. The average molecular weight is 163 g/mol. The second-order valence-electron chi connectivity index (χ2n) is 2.85. The van der Waals surface area contributed by atoms with Crippen LogP contribution in [0, 0.1) is 5.41 Å². The topological polar surface area (TPSA) is 53.1 Å². The van der Waals surface area contributed by atoms with Crippen molar-refractivity contribution in [3.63, 3.8) is 0 Å². The van der Waals surface area contributed by atoms with E-state index in [1.54, 1.807) is 0 Å². The third-order valence-electron chi connectivity index (χ3n) is 1.74. The van der Waals surface area contributed by atoms with Crippen LogP contribution in [-0.4, -0.2) is 20.3 Å².